The van der Waals surface area contributed by atoms with Gasteiger partial charge in [0.2, 0.25) is 0 Å². The first-order valence-electron chi connectivity index (χ1n) is 8.38. The number of nitrogens with zero attached hydrogens (tertiary/aromatic N) is 2. The van der Waals surface area contributed by atoms with Crippen LogP contribution in [0.2, 0.25) is 0 Å². The van der Waals surface area contributed by atoms with Gasteiger partial charge >= 0.3 is 0 Å². The molecule has 0 bridgehead atoms. The molecule has 0 fully saturated rings. The molecule has 26 heavy (non-hydrogen) atoms. The lowest BCUT2D eigenvalue weighted by Gasteiger charge is -2.33. The van der Waals surface area contributed by atoms with Crippen LogP contribution in [0.1, 0.15) is 12.0 Å². The minimum Gasteiger partial charge on any atom is -0.494 e. The molecular weight excluding hydrogens is 331 g/mol. The average molecular weight is 350 g/mol. The number of methoxy groups -OCH3 is 2. The molecule has 0 spiro atoms. The number of hydrogen-bond donors (Lipinski definition) is 0. The maximum atomic E-state index is 14.0. The van der Waals surface area contributed by atoms with Crippen molar-refractivity contribution in [2.75, 3.05) is 14.2 Å². The first-order chi connectivity index (χ1) is 12.7. The van der Waals surface area contributed by atoms with Gasteiger partial charge in [0.05, 0.1) is 24.5 Å². The number of aromatic nitrogens is 2. The second-order valence-electron chi connectivity index (χ2n) is 6.20. The fraction of sp³-hybridized carbons (Fsp3) is 0.190. The van der Waals surface area contributed by atoms with E-state index in [1.165, 1.54) is 13.2 Å². The van der Waals surface area contributed by atoms with Gasteiger partial charge in [0.15, 0.2) is 17.3 Å². The van der Waals surface area contributed by atoms with Crippen LogP contribution in [-0.2, 0) is 10.5 Å². The Balaban J connectivity index is 1.76. The number of imidazole rings is 1. The molecule has 3 aromatic rings. The van der Waals surface area contributed by atoms with Crippen LogP contribution in [0.3, 0.4) is 0 Å². The average Bonchev–Trinajstić information content (AvgIpc) is 3.11. The maximum Gasteiger partial charge on any atom is 0.168 e. The summed E-state index contributed by atoms with van der Waals surface area (Å²) in [5.41, 5.74) is 2.91. The Morgan fingerprint density at radius 1 is 1.15 bits per heavy atom. The zero-order valence-electron chi connectivity index (χ0n) is 14.6. The second kappa shape index (κ2) is 6.42. The molecule has 132 valence electrons. The first-order valence-corrected chi connectivity index (χ1v) is 8.38. The summed E-state index contributed by atoms with van der Waals surface area (Å²) in [5.74, 6) is -0.243. The van der Waals surface area contributed by atoms with Gasteiger partial charge in [-0.2, -0.15) is 0 Å². The van der Waals surface area contributed by atoms with Crippen molar-refractivity contribution in [1.82, 2.24) is 9.55 Å². The van der Waals surface area contributed by atoms with Crippen LogP contribution >= 0.6 is 0 Å². The summed E-state index contributed by atoms with van der Waals surface area (Å²) in [6.07, 6.45) is 8.53. The number of hydrogen-bond acceptors (Lipinski definition) is 3. The van der Waals surface area contributed by atoms with Gasteiger partial charge < -0.3 is 9.47 Å². The highest BCUT2D eigenvalue weighted by Crippen LogP contribution is 2.36. The molecule has 1 aliphatic carbocycles. The quantitative estimate of drug-likeness (QED) is 0.694. The highest BCUT2D eigenvalue weighted by Gasteiger charge is 2.32. The number of rotatable bonds is 4. The lowest BCUT2D eigenvalue weighted by atomic mass is 9.94. The summed E-state index contributed by atoms with van der Waals surface area (Å²) in [4.78, 5) is 4.33. The monoisotopic (exact) mass is 350 g/mol. The van der Waals surface area contributed by atoms with E-state index in [9.17, 15) is 4.39 Å². The molecule has 2 aromatic carbocycles. The van der Waals surface area contributed by atoms with E-state index in [2.05, 4.69) is 29.3 Å². The number of allylic oxidation sites excluding steroid dienone is 2. The Morgan fingerprint density at radius 2 is 1.96 bits per heavy atom. The SMILES string of the molecule is COc1cc2c(cc1F)ncn2C1(OC)C=CC(c2ccccc2)=CC1. The Labute approximate surface area is 151 Å². The summed E-state index contributed by atoms with van der Waals surface area (Å²) >= 11 is 0. The van der Waals surface area contributed by atoms with E-state index in [-0.39, 0.29) is 5.75 Å². The van der Waals surface area contributed by atoms with E-state index in [1.807, 2.05) is 28.8 Å². The molecule has 0 N–H and O–H groups in total. The summed E-state index contributed by atoms with van der Waals surface area (Å²) in [5, 5.41) is 0. The molecule has 1 unspecified atom stereocenters. The molecule has 0 saturated carbocycles. The molecule has 1 aromatic heterocycles. The van der Waals surface area contributed by atoms with Crippen molar-refractivity contribution in [3.05, 3.63) is 78.4 Å². The number of ether oxygens (including phenoxy) is 2. The fourth-order valence-electron chi connectivity index (χ4n) is 3.35. The van der Waals surface area contributed by atoms with Crippen molar-refractivity contribution < 1.29 is 13.9 Å². The molecule has 1 aliphatic rings. The lowest BCUT2D eigenvalue weighted by molar-refractivity contribution is -0.0292. The fourth-order valence-corrected chi connectivity index (χ4v) is 3.35. The van der Waals surface area contributed by atoms with E-state index >= 15 is 0 Å². The van der Waals surface area contributed by atoms with Crippen LogP contribution in [0, 0.1) is 5.82 Å². The van der Waals surface area contributed by atoms with Crippen LogP contribution in [0.4, 0.5) is 4.39 Å². The van der Waals surface area contributed by atoms with Crippen molar-refractivity contribution in [2.24, 2.45) is 0 Å². The molecule has 1 heterocycles. The third kappa shape index (κ3) is 2.61. The van der Waals surface area contributed by atoms with Crippen LogP contribution in [0.25, 0.3) is 16.6 Å². The zero-order chi connectivity index (χ0) is 18.1. The van der Waals surface area contributed by atoms with Crippen molar-refractivity contribution >= 4 is 16.6 Å². The topological polar surface area (TPSA) is 36.3 Å². The van der Waals surface area contributed by atoms with Crippen molar-refractivity contribution in [3.63, 3.8) is 0 Å². The first kappa shape index (κ1) is 16.5. The molecule has 0 amide bonds. The lowest BCUT2D eigenvalue weighted by Crippen LogP contribution is -2.33. The van der Waals surface area contributed by atoms with Crippen molar-refractivity contribution in [2.45, 2.75) is 12.1 Å². The molecule has 0 radical (unpaired) electrons. The molecule has 1 atom stereocenters. The third-order valence-electron chi connectivity index (χ3n) is 4.83. The van der Waals surface area contributed by atoms with Gasteiger partial charge in [-0.05, 0) is 17.2 Å². The van der Waals surface area contributed by atoms with Gasteiger partial charge in [0.25, 0.3) is 0 Å². The van der Waals surface area contributed by atoms with Gasteiger partial charge in [-0.25, -0.2) is 9.37 Å². The Kier molecular flexibility index (Phi) is 4.09. The molecule has 4 rings (SSSR count). The van der Waals surface area contributed by atoms with Gasteiger partial charge in [-0.1, -0.05) is 42.5 Å². The van der Waals surface area contributed by atoms with Gasteiger partial charge in [0.1, 0.15) is 0 Å². The van der Waals surface area contributed by atoms with Crippen LogP contribution in [-0.4, -0.2) is 23.8 Å². The van der Waals surface area contributed by atoms with Crippen molar-refractivity contribution in [1.29, 1.82) is 0 Å². The molecular formula is C21H19FN2O2. The largest absolute Gasteiger partial charge is 0.494 e. The maximum absolute atomic E-state index is 14.0. The Morgan fingerprint density at radius 3 is 2.62 bits per heavy atom. The van der Waals surface area contributed by atoms with Crippen LogP contribution in [0.5, 0.6) is 5.75 Å². The van der Waals surface area contributed by atoms with Gasteiger partial charge in [-0.15, -0.1) is 0 Å². The van der Waals surface area contributed by atoms with Crippen molar-refractivity contribution in [3.8, 4) is 5.75 Å². The summed E-state index contributed by atoms with van der Waals surface area (Å²) in [6, 6.07) is 13.2. The minimum absolute atomic E-state index is 0.186. The predicted molar refractivity (Wildman–Crippen MR) is 99.4 cm³/mol. The normalized spacial score (nSPS) is 19.6. The Hall–Kier alpha value is -2.92. The second-order valence-corrected chi connectivity index (χ2v) is 6.20. The summed E-state index contributed by atoms with van der Waals surface area (Å²) in [6.45, 7) is 0. The van der Waals surface area contributed by atoms with Crippen LogP contribution < -0.4 is 4.74 Å². The summed E-state index contributed by atoms with van der Waals surface area (Å²) in [7, 11) is 3.12. The van der Waals surface area contributed by atoms with Gasteiger partial charge in [0, 0.05) is 25.7 Å². The highest BCUT2D eigenvalue weighted by atomic mass is 19.1. The van der Waals surface area contributed by atoms with E-state index < -0.39 is 11.5 Å². The third-order valence-corrected chi connectivity index (χ3v) is 4.83. The molecule has 0 saturated heterocycles. The number of halogens is 1. The van der Waals surface area contributed by atoms with E-state index in [4.69, 9.17) is 9.47 Å². The molecule has 0 aliphatic heterocycles. The van der Waals surface area contributed by atoms with Crippen LogP contribution in [0.15, 0.2) is 67.0 Å². The van der Waals surface area contributed by atoms with E-state index in [0.717, 1.165) is 16.7 Å². The molecule has 4 nitrogen and oxygen atoms in total. The molecule has 5 heteroatoms. The van der Waals surface area contributed by atoms with E-state index in [1.54, 1.807) is 19.5 Å². The minimum atomic E-state index is -0.712. The number of fused-ring (bicyclic) bond motifs is 1. The summed E-state index contributed by atoms with van der Waals surface area (Å²) < 4.78 is 26.9. The van der Waals surface area contributed by atoms with E-state index in [0.29, 0.717) is 11.9 Å². The standard InChI is InChI=1S/C21H19FN2O2/c1-25-20-13-19-18(12-17(20)22)23-14-24(19)21(26-2)10-8-16(9-11-21)15-6-4-3-5-7-15/h3-10,12-14H,11H2,1-2H3. The predicted octanol–water partition coefficient (Wildman–Crippen LogP) is 4.53. The number of benzene rings is 2. The van der Waals surface area contributed by atoms with Gasteiger partial charge in [-0.3, -0.25) is 4.57 Å². The Bertz CT molecular complexity index is 1010. The smallest absolute Gasteiger partial charge is 0.168 e. The zero-order valence-corrected chi connectivity index (χ0v) is 14.6. The highest BCUT2D eigenvalue weighted by molar-refractivity contribution is 5.79.